The molecule has 0 aliphatic heterocycles. The highest BCUT2D eigenvalue weighted by molar-refractivity contribution is 5.56. The van der Waals surface area contributed by atoms with Crippen LogP contribution in [-0.2, 0) is 6.61 Å². The molecule has 3 nitrogen and oxygen atoms in total. The van der Waals surface area contributed by atoms with Crippen molar-refractivity contribution in [2.45, 2.75) is 6.61 Å². The number of halogens is 1. The van der Waals surface area contributed by atoms with E-state index < -0.39 is 0 Å². The van der Waals surface area contributed by atoms with Crippen LogP contribution in [-0.4, -0.2) is 7.11 Å². The summed E-state index contributed by atoms with van der Waals surface area (Å²) >= 11 is 0. The molecular weight excluding hydrogens is 233 g/mol. The van der Waals surface area contributed by atoms with Crippen molar-refractivity contribution < 1.29 is 13.9 Å². The van der Waals surface area contributed by atoms with Crippen LogP contribution in [0.15, 0.2) is 42.5 Å². The number of methoxy groups -OCH3 is 1. The van der Waals surface area contributed by atoms with Gasteiger partial charge in [-0.25, -0.2) is 4.39 Å². The van der Waals surface area contributed by atoms with Crippen LogP contribution in [0.3, 0.4) is 0 Å². The molecule has 0 spiro atoms. The van der Waals surface area contributed by atoms with E-state index >= 15 is 0 Å². The molecule has 2 N–H and O–H groups in total. The molecule has 18 heavy (non-hydrogen) atoms. The summed E-state index contributed by atoms with van der Waals surface area (Å²) < 4.78 is 23.5. The van der Waals surface area contributed by atoms with Crippen molar-refractivity contribution >= 4 is 5.69 Å². The standard InChI is InChI=1S/C14H14FNO2/c1-17-12-5-6-14(13(16)8-12)18-9-10-3-2-4-11(15)7-10/h2-8H,9,16H2,1H3. The number of nitrogens with two attached hydrogens (primary N) is 1. The number of nitrogen functional groups attached to an aromatic ring is 1. The van der Waals surface area contributed by atoms with Gasteiger partial charge in [0.25, 0.3) is 0 Å². The molecule has 0 aliphatic rings. The van der Waals surface area contributed by atoms with Gasteiger partial charge in [-0.3, -0.25) is 0 Å². The third kappa shape index (κ3) is 2.91. The van der Waals surface area contributed by atoms with Gasteiger partial charge in [0.15, 0.2) is 0 Å². The fraction of sp³-hybridized carbons (Fsp3) is 0.143. The monoisotopic (exact) mass is 247 g/mol. The molecule has 0 aliphatic carbocycles. The van der Waals surface area contributed by atoms with Crippen LogP contribution >= 0.6 is 0 Å². The van der Waals surface area contributed by atoms with E-state index in [1.165, 1.54) is 12.1 Å². The third-order valence-electron chi connectivity index (χ3n) is 2.50. The first-order valence-corrected chi connectivity index (χ1v) is 5.50. The quantitative estimate of drug-likeness (QED) is 0.845. The Morgan fingerprint density at radius 1 is 1.17 bits per heavy atom. The number of ether oxygens (including phenoxy) is 2. The lowest BCUT2D eigenvalue weighted by atomic mass is 10.2. The van der Waals surface area contributed by atoms with Gasteiger partial charge in [0.05, 0.1) is 12.8 Å². The van der Waals surface area contributed by atoms with Crippen molar-refractivity contribution in [2.75, 3.05) is 12.8 Å². The minimum absolute atomic E-state index is 0.272. The van der Waals surface area contributed by atoms with Crippen LogP contribution < -0.4 is 15.2 Å². The second-order valence-electron chi connectivity index (χ2n) is 3.82. The zero-order valence-corrected chi connectivity index (χ0v) is 10.0. The lowest BCUT2D eigenvalue weighted by Crippen LogP contribution is -1.99. The van der Waals surface area contributed by atoms with E-state index in [2.05, 4.69) is 0 Å². The Labute approximate surface area is 105 Å². The first kappa shape index (κ1) is 12.2. The van der Waals surface area contributed by atoms with Crippen LogP contribution in [0.1, 0.15) is 5.56 Å². The Hall–Kier alpha value is -2.23. The molecule has 0 bridgehead atoms. The van der Waals surface area contributed by atoms with Crippen molar-refractivity contribution in [1.82, 2.24) is 0 Å². The summed E-state index contributed by atoms with van der Waals surface area (Å²) in [4.78, 5) is 0. The first-order chi connectivity index (χ1) is 8.69. The smallest absolute Gasteiger partial charge is 0.142 e. The van der Waals surface area contributed by atoms with Gasteiger partial charge in [0.2, 0.25) is 0 Å². The van der Waals surface area contributed by atoms with Gasteiger partial charge in [-0.15, -0.1) is 0 Å². The molecule has 0 heterocycles. The van der Waals surface area contributed by atoms with Gasteiger partial charge >= 0.3 is 0 Å². The van der Waals surface area contributed by atoms with E-state index in [1.807, 2.05) is 0 Å². The molecule has 0 saturated carbocycles. The fourth-order valence-electron chi connectivity index (χ4n) is 1.57. The lowest BCUT2D eigenvalue weighted by Gasteiger charge is -2.10. The largest absolute Gasteiger partial charge is 0.497 e. The summed E-state index contributed by atoms with van der Waals surface area (Å²) in [5.74, 6) is 0.949. The predicted octanol–water partition coefficient (Wildman–Crippen LogP) is 3.00. The number of anilines is 1. The zero-order chi connectivity index (χ0) is 13.0. The molecule has 4 heteroatoms. The molecular formula is C14H14FNO2. The summed E-state index contributed by atoms with van der Waals surface area (Å²) in [7, 11) is 1.57. The van der Waals surface area contributed by atoms with Gasteiger partial charge in [-0.2, -0.15) is 0 Å². The van der Waals surface area contributed by atoms with Crippen LogP contribution in [0.4, 0.5) is 10.1 Å². The minimum Gasteiger partial charge on any atom is -0.497 e. The molecule has 94 valence electrons. The van der Waals surface area contributed by atoms with Crippen LogP contribution in [0.2, 0.25) is 0 Å². The van der Waals surface area contributed by atoms with Crippen molar-refractivity contribution in [2.24, 2.45) is 0 Å². The van der Waals surface area contributed by atoms with E-state index in [4.69, 9.17) is 15.2 Å². The van der Waals surface area contributed by atoms with E-state index in [1.54, 1.807) is 37.4 Å². The SMILES string of the molecule is COc1ccc(OCc2cccc(F)c2)c(N)c1. The summed E-state index contributed by atoms with van der Waals surface area (Å²) in [5.41, 5.74) is 7.06. The first-order valence-electron chi connectivity index (χ1n) is 5.50. The Balaban J connectivity index is 2.06. The van der Waals surface area contributed by atoms with Crippen LogP contribution in [0.25, 0.3) is 0 Å². The minimum atomic E-state index is -0.279. The van der Waals surface area contributed by atoms with Gasteiger partial charge in [-0.1, -0.05) is 12.1 Å². The molecule has 2 rings (SSSR count). The van der Waals surface area contributed by atoms with Crippen molar-refractivity contribution in [1.29, 1.82) is 0 Å². The van der Waals surface area contributed by atoms with Gasteiger partial charge in [-0.05, 0) is 29.8 Å². The molecule has 0 radical (unpaired) electrons. The van der Waals surface area contributed by atoms with Crippen molar-refractivity contribution in [3.63, 3.8) is 0 Å². The number of hydrogen-bond donors (Lipinski definition) is 1. The van der Waals surface area contributed by atoms with Crippen LogP contribution in [0.5, 0.6) is 11.5 Å². The number of hydrogen-bond acceptors (Lipinski definition) is 3. The Bertz CT molecular complexity index is 543. The summed E-state index contributed by atoms with van der Waals surface area (Å²) in [6.07, 6.45) is 0. The second kappa shape index (κ2) is 5.40. The molecule has 0 atom stereocenters. The van der Waals surface area contributed by atoms with Gasteiger partial charge in [0.1, 0.15) is 23.9 Å². The van der Waals surface area contributed by atoms with E-state index in [0.717, 1.165) is 5.56 Å². The molecule has 0 amide bonds. The van der Waals surface area contributed by atoms with Gasteiger partial charge < -0.3 is 15.2 Å². The lowest BCUT2D eigenvalue weighted by molar-refractivity contribution is 0.306. The zero-order valence-electron chi connectivity index (χ0n) is 10.0. The molecule has 0 saturated heterocycles. The molecule has 0 fully saturated rings. The molecule has 2 aromatic carbocycles. The molecule has 0 unspecified atom stereocenters. The summed E-state index contributed by atoms with van der Waals surface area (Å²) in [6, 6.07) is 11.4. The average Bonchev–Trinajstić information content (AvgIpc) is 2.37. The topological polar surface area (TPSA) is 44.5 Å². The van der Waals surface area contributed by atoms with E-state index in [9.17, 15) is 4.39 Å². The normalized spacial score (nSPS) is 10.1. The van der Waals surface area contributed by atoms with Crippen LogP contribution in [0, 0.1) is 5.82 Å². The Morgan fingerprint density at radius 3 is 2.67 bits per heavy atom. The maximum atomic E-state index is 13.0. The maximum Gasteiger partial charge on any atom is 0.142 e. The fourth-order valence-corrected chi connectivity index (χ4v) is 1.57. The second-order valence-corrected chi connectivity index (χ2v) is 3.82. The highest BCUT2D eigenvalue weighted by Gasteiger charge is 2.03. The summed E-state index contributed by atoms with van der Waals surface area (Å²) in [5, 5.41) is 0. The third-order valence-corrected chi connectivity index (χ3v) is 2.50. The van der Waals surface area contributed by atoms with Crippen molar-refractivity contribution in [3.8, 4) is 11.5 Å². The average molecular weight is 247 g/mol. The highest BCUT2D eigenvalue weighted by atomic mass is 19.1. The van der Waals surface area contributed by atoms with Gasteiger partial charge in [0, 0.05) is 6.07 Å². The van der Waals surface area contributed by atoms with Crippen molar-refractivity contribution in [3.05, 3.63) is 53.8 Å². The predicted molar refractivity (Wildman–Crippen MR) is 68.1 cm³/mol. The number of benzene rings is 2. The molecule has 0 aromatic heterocycles. The number of rotatable bonds is 4. The molecule has 2 aromatic rings. The maximum absolute atomic E-state index is 13.0. The Morgan fingerprint density at radius 2 is 2.00 bits per heavy atom. The summed E-state index contributed by atoms with van der Waals surface area (Å²) in [6.45, 7) is 0.272. The van der Waals surface area contributed by atoms with E-state index in [-0.39, 0.29) is 12.4 Å². The van der Waals surface area contributed by atoms with E-state index in [0.29, 0.717) is 17.2 Å². The highest BCUT2D eigenvalue weighted by Crippen LogP contribution is 2.26. The Kier molecular flexibility index (Phi) is 3.67.